The molecule has 0 unspecified atom stereocenters. The van der Waals surface area contributed by atoms with Crippen LogP contribution >= 0.6 is 0 Å². The van der Waals surface area contributed by atoms with Crippen molar-refractivity contribution in [3.05, 3.63) is 71.8 Å². The van der Waals surface area contributed by atoms with Gasteiger partial charge in [-0.3, -0.25) is 4.79 Å². The summed E-state index contributed by atoms with van der Waals surface area (Å²) in [5.74, 6) is -1.87. The van der Waals surface area contributed by atoms with E-state index in [-0.39, 0.29) is 18.9 Å². The average Bonchev–Trinajstić information content (AvgIpc) is 2.63. The lowest BCUT2D eigenvalue weighted by molar-refractivity contribution is -0.154. The molecule has 25 heavy (non-hydrogen) atoms. The van der Waals surface area contributed by atoms with Crippen LogP contribution < -0.4 is 0 Å². The summed E-state index contributed by atoms with van der Waals surface area (Å²) in [5, 5.41) is 19.3. The molecule has 2 N–H and O–H groups in total. The molecule has 0 aliphatic carbocycles. The third kappa shape index (κ3) is 3.72. The highest BCUT2D eigenvalue weighted by atomic mass is 16.4. The van der Waals surface area contributed by atoms with Gasteiger partial charge in [-0.15, -0.1) is 0 Å². The molecule has 2 aromatic rings. The molecule has 1 saturated heterocycles. The smallest absolute Gasteiger partial charge is 0.326 e. The number of carbonyl (C=O) groups excluding carboxylic acids is 1. The summed E-state index contributed by atoms with van der Waals surface area (Å²) < 4.78 is 0. The summed E-state index contributed by atoms with van der Waals surface area (Å²) in [6.45, 7) is 0.243. The topological polar surface area (TPSA) is 77.8 Å². The molecular formula is C20H21NO4. The second kappa shape index (κ2) is 7.49. The summed E-state index contributed by atoms with van der Waals surface area (Å²) in [5.41, 5.74) is 1.66. The average molecular weight is 339 g/mol. The maximum Gasteiger partial charge on any atom is 0.326 e. The molecule has 1 fully saturated rings. The largest absolute Gasteiger partial charge is 0.480 e. The van der Waals surface area contributed by atoms with Crippen LogP contribution in [0.1, 0.15) is 29.9 Å². The van der Waals surface area contributed by atoms with Crippen LogP contribution in [0.2, 0.25) is 0 Å². The Bertz CT molecular complexity index is 692. The van der Waals surface area contributed by atoms with Gasteiger partial charge >= 0.3 is 5.97 Å². The van der Waals surface area contributed by atoms with Crippen molar-refractivity contribution in [1.82, 2.24) is 4.90 Å². The molecule has 0 aromatic heterocycles. The zero-order chi connectivity index (χ0) is 17.8. The third-order valence-corrected chi connectivity index (χ3v) is 4.66. The molecule has 1 amide bonds. The van der Waals surface area contributed by atoms with Crippen molar-refractivity contribution in [3.8, 4) is 0 Å². The van der Waals surface area contributed by atoms with E-state index in [2.05, 4.69) is 0 Å². The Morgan fingerprint density at radius 2 is 1.48 bits per heavy atom. The van der Waals surface area contributed by atoms with Gasteiger partial charge in [-0.05, 0) is 17.5 Å². The number of benzene rings is 2. The lowest BCUT2D eigenvalue weighted by atomic mass is 9.88. The van der Waals surface area contributed by atoms with E-state index in [0.717, 1.165) is 11.1 Å². The first-order chi connectivity index (χ1) is 12.1. The minimum absolute atomic E-state index is 0.0668. The number of rotatable bonds is 4. The molecule has 0 saturated carbocycles. The van der Waals surface area contributed by atoms with Crippen LogP contribution in [0, 0.1) is 0 Å². The molecule has 0 spiro atoms. The van der Waals surface area contributed by atoms with Crippen molar-refractivity contribution >= 4 is 11.9 Å². The predicted molar refractivity (Wildman–Crippen MR) is 93.1 cm³/mol. The normalized spacial score (nSPS) is 20.5. The van der Waals surface area contributed by atoms with E-state index in [1.165, 1.54) is 4.90 Å². The first-order valence-corrected chi connectivity index (χ1v) is 8.39. The van der Waals surface area contributed by atoms with Crippen LogP contribution in [0.3, 0.4) is 0 Å². The van der Waals surface area contributed by atoms with E-state index in [1.807, 2.05) is 60.7 Å². The number of likely N-dealkylation sites (tertiary alicyclic amines) is 1. The Morgan fingerprint density at radius 3 is 1.96 bits per heavy atom. The van der Waals surface area contributed by atoms with Gasteiger partial charge in [0, 0.05) is 13.0 Å². The fourth-order valence-electron chi connectivity index (χ4n) is 3.38. The van der Waals surface area contributed by atoms with Gasteiger partial charge in [-0.1, -0.05) is 60.7 Å². The van der Waals surface area contributed by atoms with Gasteiger partial charge in [0.15, 0.2) is 0 Å². The number of amides is 1. The third-order valence-electron chi connectivity index (χ3n) is 4.66. The monoisotopic (exact) mass is 339 g/mol. The van der Waals surface area contributed by atoms with E-state index < -0.39 is 24.0 Å². The SMILES string of the molecule is O=C(O)[C@H]1C[C@@H](O)CCN1C(=O)C(c1ccccc1)c1ccccc1. The van der Waals surface area contributed by atoms with Gasteiger partial charge in [0.25, 0.3) is 0 Å². The number of piperidine rings is 1. The number of aliphatic hydroxyl groups is 1. The quantitative estimate of drug-likeness (QED) is 0.896. The van der Waals surface area contributed by atoms with Crippen molar-refractivity contribution in [2.45, 2.75) is 30.9 Å². The van der Waals surface area contributed by atoms with E-state index in [4.69, 9.17) is 0 Å². The molecule has 2 atom stereocenters. The summed E-state index contributed by atoms with van der Waals surface area (Å²) in [4.78, 5) is 26.3. The van der Waals surface area contributed by atoms with E-state index >= 15 is 0 Å². The van der Waals surface area contributed by atoms with Gasteiger partial charge in [0.2, 0.25) is 5.91 Å². The highest BCUT2D eigenvalue weighted by molar-refractivity contribution is 5.91. The molecule has 5 nitrogen and oxygen atoms in total. The number of hydrogen-bond donors (Lipinski definition) is 2. The number of aliphatic hydroxyl groups excluding tert-OH is 1. The predicted octanol–water partition coefficient (Wildman–Crippen LogP) is 2.25. The summed E-state index contributed by atoms with van der Waals surface area (Å²) in [6, 6.07) is 17.8. The number of nitrogens with zero attached hydrogens (tertiary/aromatic N) is 1. The van der Waals surface area contributed by atoms with E-state index in [0.29, 0.717) is 6.42 Å². The second-order valence-corrected chi connectivity index (χ2v) is 6.32. The van der Waals surface area contributed by atoms with Crippen molar-refractivity contribution in [2.24, 2.45) is 0 Å². The van der Waals surface area contributed by atoms with Crippen LogP contribution in [0.5, 0.6) is 0 Å². The Balaban J connectivity index is 1.98. The first kappa shape index (κ1) is 17.2. The van der Waals surface area contributed by atoms with E-state index in [1.54, 1.807) is 0 Å². The maximum atomic E-state index is 13.3. The number of carbonyl (C=O) groups is 2. The van der Waals surface area contributed by atoms with Crippen molar-refractivity contribution in [1.29, 1.82) is 0 Å². The Kier molecular flexibility index (Phi) is 5.14. The van der Waals surface area contributed by atoms with Gasteiger partial charge in [-0.2, -0.15) is 0 Å². The summed E-state index contributed by atoms with van der Waals surface area (Å²) in [7, 11) is 0. The number of aliphatic carboxylic acids is 1. The second-order valence-electron chi connectivity index (χ2n) is 6.32. The van der Waals surface area contributed by atoms with Crippen molar-refractivity contribution in [2.75, 3.05) is 6.54 Å². The highest BCUT2D eigenvalue weighted by Gasteiger charge is 2.39. The molecule has 5 heteroatoms. The first-order valence-electron chi connectivity index (χ1n) is 8.39. The zero-order valence-electron chi connectivity index (χ0n) is 13.8. The van der Waals surface area contributed by atoms with Gasteiger partial charge in [0.05, 0.1) is 12.0 Å². The van der Waals surface area contributed by atoms with E-state index in [9.17, 15) is 19.8 Å². The fourth-order valence-corrected chi connectivity index (χ4v) is 3.38. The van der Waals surface area contributed by atoms with Gasteiger partial charge < -0.3 is 15.1 Å². The number of carboxylic acid groups (broad SMARTS) is 1. The number of carboxylic acids is 1. The van der Waals surface area contributed by atoms with Crippen LogP contribution in [-0.2, 0) is 9.59 Å². The molecule has 0 bridgehead atoms. The summed E-state index contributed by atoms with van der Waals surface area (Å²) >= 11 is 0. The standard InChI is InChI=1S/C20H21NO4/c22-16-11-12-21(17(13-16)20(24)25)19(23)18(14-7-3-1-4-8-14)15-9-5-2-6-10-15/h1-10,16-18,22H,11-13H2,(H,24,25)/t16-,17+/m0/s1. The summed E-state index contributed by atoms with van der Waals surface area (Å²) in [6.07, 6.45) is -0.222. The lowest BCUT2D eigenvalue weighted by Gasteiger charge is -2.37. The molecule has 0 radical (unpaired) electrons. The minimum atomic E-state index is -1.08. The molecule has 1 aliphatic rings. The minimum Gasteiger partial charge on any atom is -0.480 e. The Morgan fingerprint density at radius 1 is 0.960 bits per heavy atom. The molecule has 130 valence electrons. The van der Waals surface area contributed by atoms with Crippen LogP contribution in [-0.4, -0.2) is 45.7 Å². The van der Waals surface area contributed by atoms with Crippen molar-refractivity contribution in [3.63, 3.8) is 0 Å². The molecular weight excluding hydrogens is 318 g/mol. The molecule has 1 heterocycles. The Labute approximate surface area is 146 Å². The van der Waals surface area contributed by atoms with Gasteiger partial charge in [0.1, 0.15) is 6.04 Å². The zero-order valence-corrected chi connectivity index (χ0v) is 13.8. The van der Waals surface area contributed by atoms with Crippen LogP contribution in [0.4, 0.5) is 0 Å². The molecule has 3 rings (SSSR count). The Hall–Kier alpha value is -2.66. The maximum absolute atomic E-state index is 13.3. The van der Waals surface area contributed by atoms with Gasteiger partial charge in [-0.25, -0.2) is 4.79 Å². The lowest BCUT2D eigenvalue weighted by Crippen LogP contribution is -2.52. The van der Waals surface area contributed by atoms with Crippen molar-refractivity contribution < 1.29 is 19.8 Å². The number of hydrogen-bond acceptors (Lipinski definition) is 3. The molecule has 2 aromatic carbocycles. The van der Waals surface area contributed by atoms with Crippen LogP contribution in [0.15, 0.2) is 60.7 Å². The molecule has 1 aliphatic heterocycles. The highest BCUT2D eigenvalue weighted by Crippen LogP contribution is 2.30. The fraction of sp³-hybridized carbons (Fsp3) is 0.300. The van der Waals surface area contributed by atoms with Crippen LogP contribution in [0.25, 0.3) is 0 Å².